The van der Waals surface area contributed by atoms with Crippen molar-refractivity contribution in [2.75, 3.05) is 12.4 Å². The van der Waals surface area contributed by atoms with E-state index in [-0.39, 0.29) is 5.56 Å². The summed E-state index contributed by atoms with van der Waals surface area (Å²) in [4.78, 5) is 14.2. The predicted octanol–water partition coefficient (Wildman–Crippen LogP) is -0.178. The molecule has 0 unspecified atom stereocenters. The van der Waals surface area contributed by atoms with Crippen molar-refractivity contribution in [3.63, 3.8) is 0 Å². The van der Waals surface area contributed by atoms with E-state index in [1.165, 1.54) is 12.4 Å². The van der Waals surface area contributed by atoms with E-state index < -0.39 is 0 Å². The first-order valence-corrected chi connectivity index (χ1v) is 2.94. The number of aromatic nitrogens is 2. The van der Waals surface area contributed by atoms with Gasteiger partial charge in [-0.15, -0.1) is 0 Å². The summed E-state index contributed by atoms with van der Waals surface area (Å²) in [7, 11) is 3.58. The van der Waals surface area contributed by atoms with Crippen molar-refractivity contribution in [1.29, 1.82) is 0 Å². The van der Waals surface area contributed by atoms with Crippen LogP contribution in [0.15, 0.2) is 17.2 Å². The van der Waals surface area contributed by atoms with Gasteiger partial charge in [0.15, 0.2) is 0 Å². The lowest BCUT2D eigenvalue weighted by atomic mass is 10.5. The predicted molar refractivity (Wildman–Crippen MR) is 39.0 cm³/mol. The standard InChI is InChI=1S/C6H9N3O/c1-7-5-3-6(10)8-4-9(5)2/h3-4,7H,1-2H3. The third-order valence-corrected chi connectivity index (χ3v) is 1.25. The second-order valence-electron chi connectivity index (χ2n) is 1.97. The van der Waals surface area contributed by atoms with Crippen molar-refractivity contribution >= 4 is 5.82 Å². The zero-order chi connectivity index (χ0) is 7.56. The molecule has 0 spiro atoms. The SMILES string of the molecule is CNc1cc(=O)ncn1C. The van der Waals surface area contributed by atoms with E-state index in [1.54, 1.807) is 11.6 Å². The molecule has 1 heterocycles. The fourth-order valence-corrected chi connectivity index (χ4v) is 0.710. The molecule has 0 amide bonds. The highest BCUT2D eigenvalue weighted by atomic mass is 16.1. The molecule has 0 radical (unpaired) electrons. The van der Waals surface area contributed by atoms with Gasteiger partial charge in [-0.05, 0) is 0 Å². The molecule has 4 nitrogen and oxygen atoms in total. The van der Waals surface area contributed by atoms with Crippen LogP contribution in [-0.2, 0) is 7.05 Å². The summed E-state index contributed by atoms with van der Waals surface area (Å²) >= 11 is 0. The summed E-state index contributed by atoms with van der Waals surface area (Å²) in [6.45, 7) is 0. The second kappa shape index (κ2) is 2.51. The van der Waals surface area contributed by atoms with Crippen molar-refractivity contribution in [1.82, 2.24) is 9.55 Å². The van der Waals surface area contributed by atoms with Crippen LogP contribution >= 0.6 is 0 Å². The van der Waals surface area contributed by atoms with Gasteiger partial charge < -0.3 is 9.88 Å². The minimum Gasteiger partial charge on any atom is -0.374 e. The minimum absolute atomic E-state index is 0.220. The Hall–Kier alpha value is -1.32. The molecule has 0 atom stereocenters. The normalized spacial score (nSPS) is 9.40. The highest BCUT2D eigenvalue weighted by molar-refractivity contribution is 5.31. The summed E-state index contributed by atoms with van der Waals surface area (Å²) in [6, 6.07) is 1.44. The Bertz CT molecular complexity index is 279. The molecule has 54 valence electrons. The summed E-state index contributed by atoms with van der Waals surface area (Å²) in [5.41, 5.74) is -0.220. The first-order valence-electron chi connectivity index (χ1n) is 2.94. The van der Waals surface area contributed by atoms with Crippen LogP contribution in [0.4, 0.5) is 5.82 Å². The number of hydrogen-bond acceptors (Lipinski definition) is 3. The number of aryl methyl sites for hydroxylation is 1. The fraction of sp³-hybridized carbons (Fsp3) is 0.333. The summed E-state index contributed by atoms with van der Waals surface area (Å²) in [6.07, 6.45) is 1.48. The van der Waals surface area contributed by atoms with Crippen LogP contribution in [-0.4, -0.2) is 16.6 Å². The Balaban J connectivity index is 3.22. The quantitative estimate of drug-likeness (QED) is 0.587. The smallest absolute Gasteiger partial charge is 0.274 e. The second-order valence-corrected chi connectivity index (χ2v) is 1.97. The lowest BCUT2D eigenvalue weighted by Crippen LogP contribution is -2.11. The number of hydrogen-bond donors (Lipinski definition) is 1. The van der Waals surface area contributed by atoms with Crippen LogP contribution in [0.1, 0.15) is 0 Å². The van der Waals surface area contributed by atoms with Gasteiger partial charge >= 0.3 is 0 Å². The Morgan fingerprint density at radius 1 is 1.70 bits per heavy atom. The Kier molecular flexibility index (Phi) is 1.71. The molecule has 0 aliphatic rings. The van der Waals surface area contributed by atoms with E-state index in [2.05, 4.69) is 10.3 Å². The van der Waals surface area contributed by atoms with Crippen LogP contribution in [0.25, 0.3) is 0 Å². The molecule has 0 saturated heterocycles. The average Bonchev–Trinajstić information content (AvgIpc) is 1.94. The van der Waals surface area contributed by atoms with E-state index in [1.807, 2.05) is 7.05 Å². The fourth-order valence-electron chi connectivity index (χ4n) is 0.710. The number of nitrogens with zero attached hydrogens (tertiary/aromatic N) is 2. The van der Waals surface area contributed by atoms with E-state index in [0.717, 1.165) is 5.82 Å². The molecular formula is C6H9N3O. The van der Waals surface area contributed by atoms with Crippen LogP contribution < -0.4 is 10.9 Å². The molecule has 1 aromatic heterocycles. The Morgan fingerprint density at radius 2 is 2.40 bits per heavy atom. The van der Waals surface area contributed by atoms with Crippen molar-refractivity contribution in [2.45, 2.75) is 0 Å². The number of anilines is 1. The zero-order valence-corrected chi connectivity index (χ0v) is 5.96. The molecule has 0 bridgehead atoms. The van der Waals surface area contributed by atoms with Crippen LogP contribution in [0.5, 0.6) is 0 Å². The van der Waals surface area contributed by atoms with Gasteiger partial charge in [0.2, 0.25) is 0 Å². The maximum Gasteiger partial charge on any atom is 0.274 e. The topological polar surface area (TPSA) is 46.9 Å². The average molecular weight is 139 g/mol. The molecule has 10 heavy (non-hydrogen) atoms. The van der Waals surface area contributed by atoms with Crippen molar-refractivity contribution in [3.05, 3.63) is 22.7 Å². The summed E-state index contributed by atoms with van der Waals surface area (Å²) in [5.74, 6) is 0.764. The van der Waals surface area contributed by atoms with E-state index in [0.29, 0.717) is 0 Å². The van der Waals surface area contributed by atoms with Gasteiger partial charge in [-0.1, -0.05) is 0 Å². The van der Waals surface area contributed by atoms with Gasteiger partial charge in [-0.2, -0.15) is 4.98 Å². The maximum absolute atomic E-state index is 10.6. The summed E-state index contributed by atoms with van der Waals surface area (Å²) < 4.78 is 1.74. The van der Waals surface area contributed by atoms with Crippen molar-refractivity contribution in [3.8, 4) is 0 Å². The van der Waals surface area contributed by atoms with Gasteiger partial charge in [0.25, 0.3) is 5.56 Å². The molecule has 0 saturated carbocycles. The molecule has 4 heteroatoms. The lowest BCUT2D eigenvalue weighted by molar-refractivity contribution is 0.860. The number of rotatable bonds is 1. The molecule has 1 rings (SSSR count). The van der Waals surface area contributed by atoms with Gasteiger partial charge in [-0.25, -0.2) is 0 Å². The van der Waals surface area contributed by atoms with Gasteiger partial charge in [0, 0.05) is 20.2 Å². The van der Waals surface area contributed by atoms with Crippen molar-refractivity contribution < 1.29 is 0 Å². The zero-order valence-electron chi connectivity index (χ0n) is 5.96. The third-order valence-electron chi connectivity index (χ3n) is 1.25. The largest absolute Gasteiger partial charge is 0.374 e. The summed E-state index contributed by atoms with van der Waals surface area (Å²) in [5, 5.41) is 2.86. The first-order chi connectivity index (χ1) is 4.74. The molecule has 1 aromatic rings. The molecule has 1 N–H and O–H groups in total. The molecule has 0 aliphatic carbocycles. The van der Waals surface area contributed by atoms with E-state index >= 15 is 0 Å². The number of nitrogens with one attached hydrogen (secondary N) is 1. The maximum atomic E-state index is 10.6. The molecule has 0 aliphatic heterocycles. The first kappa shape index (κ1) is 6.80. The van der Waals surface area contributed by atoms with Gasteiger partial charge in [-0.3, -0.25) is 4.79 Å². The van der Waals surface area contributed by atoms with E-state index in [4.69, 9.17) is 0 Å². The monoisotopic (exact) mass is 139 g/mol. The Labute approximate surface area is 58.5 Å². The molecular weight excluding hydrogens is 130 g/mol. The van der Waals surface area contributed by atoms with Crippen molar-refractivity contribution in [2.24, 2.45) is 7.05 Å². The van der Waals surface area contributed by atoms with Crippen LogP contribution in [0.3, 0.4) is 0 Å². The highest BCUT2D eigenvalue weighted by Gasteiger charge is 1.92. The van der Waals surface area contributed by atoms with Crippen LogP contribution in [0.2, 0.25) is 0 Å². The third kappa shape index (κ3) is 1.15. The van der Waals surface area contributed by atoms with E-state index in [9.17, 15) is 4.79 Å². The Morgan fingerprint density at radius 3 is 2.90 bits per heavy atom. The van der Waals surface area contributed by atoms with Gasteiger partial charge in [0.05, 0.1) is 0 Å². The highest BCUT2D eigenvalue weighted by Crippen LogP contribution is 1.96. The van der Waals surface area contributed by atoms with Crippen LogP contribution in [0, 0.1) is 0 Å². The molecule has 0 fully saturated rings. The molecule has 0 aromatic carbocycles. The van der Waals surface area contributed by atoms with Gasteiger partial charge in [0.1, 0.15) is 12.1 Å². The lowest BCUT2D eigenvalue weighted by Gasteiger charge is -2.03. The minimum atomic E-state index is -0.220.